The summed E-state index contributed by atoms with van der Waals surface area (Å²) in [6.07, 6.45) is 0.972. The topological polar surface area (TPSA) is 73.0 Å². The Morgan fingerprint density at radius 1 is 0.971 bits per heavy atom. The second-order valence-electron chi connectivity index (χ2n) is 9.74. The maximum atomic E-state index is 13.6. The smallest absolute Gasteiger partial charge is 0.245 e. The van der Waals surface area contributed by atoms with Gasteiger partial charge in [-0.25, -0.2) is 0 Å². The number of rotatable bonds is 6. The summed E-state index contributed by atoms with van der Waals surface area (Å²) < 4.78 is 0. The van der Waals surface area contributed by atoms with Gasteiger partial charge in [-0.15, -0.1) is 0 Å². The van der Waals surface area contributed by atoms with Crippen LogP contribution in [0.1, 0.15) is 31.4 Å². The SMILES string of the molecule is CC(C)CC(=O)N1Cc2ccccc2CC1C(=O)N1CCN(CC(=O)Nc2ccccc2Cl)CC1. The maximum Gasteiger partial charge on any atom is 0.245 e. The number of nitrogens with zero attached hydrogens (tertiary/aromatic N) is 3. The van der Waals surface area contributed by atoms with Crippen LogP contribution in [0.2, 0.25) is 5.02 Å². The van der Waals surface area contributed by atoms with E-state index in [1.54, 1.807) is 17.0 Å². The van der Waals surface area contributed by atoms with E-state index in [-0.39, 0.29) is 30.2 Å². The molecule has 0 aliphatic carbocycles. The molecule has 0 spiro atoms. The molecule has 2 aromatic rings. The molecule has 0 saturated carbocycles. The standard InChI is InChI=1S/C27H33ClN4O3/c1-19(2)15-26(34)32-17-21-8-4-3-7-20(21)16-24(32)27(35)31-13-11-30(12-14-31)18-25(33)29-23-10-6-5-9-22(23)28/h3-10,19,24H,11-18H2,1-2H3,(H,29,33). The van der Waals surface area contributed by atoms with Crippen LogP contribution in [-0.2, 0) is 27.3 Å². The molecule has 8 heteroatoms. The molecule has 0 radical (unpaired) electrons. The van der Waals surface area contributed by atoms with Crippen LogP contribution in [0.25, 0.3) is 0 Å². The fraction of sp³-hybridized carbons (Fsp3) is 0.444. The van der Waals surface area contributed by atoms with Crippen molar-refractivity contribution in [3.63, 3.8) is 0 Å². The number of nitrogens with one attached hydrogen (secondary N) is 1. The Kier molecular flexibility index (Phi) is 8.08. The number of hydrogen-bond donors (Lipinski definition) is 1. The second-order valence-corrected chi connectivity index (χ2v) is 10.1. The van der Waals surface area contributed by atoms with Crippen molar-refractivity contribution in [3.8, 4) is 0 Å². The summed E-state index contributed by atoms with van der Waals surface area (Å²) >= 11 is 6.13. The molecule has 2 heterocycles. The number of carbonyl (C=O) groups is 3. The molecular weight excluding hydrogens is 464 g/mol. The van der Waals surface area contributed by atoms with Crippen LogP contribution >= 0.6 is 11.6 Å². The lowest BCUT2D eigenvalue weighted by Crippen LogP contribution is -2.58. The molecule has 2 aliphatic rings. The van der Waals surface area contributed by atoms with E-state index in [2.05, 4.69) is 11.4 Å². The fourth-order valence-electron chi connectivity index (χ4n) is 4.76. The quantitative estimate of drug-likeness (QED) is 0.665. The lowest BCUT2D eigenvalue weighted by Gasteiger charge is -2.41. The van der Waals surface area contributed by atoms with Gasteiger partial charge in [0.15, 0.2) is 0 Å². The Morgan fingerprint density at radius 3 is 2.31 bits per heavy atom. The Balaban J connectivity index is 1.36. The van der Waals surface area contributed by atoms with Gasteiger partial charge in [0.25, 0.3) is 0 Å². The number of carbonyl (C=O) groups excluding carboxylic acids is 3. The molecule has 0 bridgehead atoms. The van der Waals surface area contributed by atoms with E-state index in [1.165, 1.54) is 0 Å². The van der Waals surface area contributed by atoms with Gasteiger partial charge in [0, 0.05) is 45.6 Å². The highest BCUT2D eigenvalue weighted by Gasteiger charge is 2.37. The highest BCUT2D eigenvalue weighted by molar-refractivity contribution is 6.33. The zero-order valence-corrected chi connectivity index (χ0v) is 21.1. The molecule has 1 atom stereocenters. The molecule has 186 valence electrons. The first-order valence-corrected chi connectivity index (χ1v) is 12.6. The van der Waals surface area contributed by atoms with Crippen LogP contribution in [0.5, 0.6) is 0 Å². The summed E-state index contributed by atoms with van der Waals surface area (Å²) in [6, 6.07) is 14.7. The van der Waals surface area contributed by atoms with E-state index in [9.17, 15) is 14.4 Å². The van der Waals surface area contributed by atoms with Crippen molar-refractivity contribution in [1.29, 1.82) is 0 Å². The molecule has 0 aromatic heterocycles. The van der Waals surface area contributed by atoms with Crippen molar-refractivity contribution >= 4 is 35.0 Å². The predicted octanol–water partition coefficient (Wildman–Crippen LogP) is 3.42. The van der Waals surface area contributed by atoms with Gasteiger partial charge in [0.1, 0.15) is 6.04 Å². The van der Waals surface area contributed by atoms with Crippen LogP contribution in [-0.4, -0.2) is 71.2 Å². The molecule has 3 amide bonds. The van der Waals surface area contributed by atoms with E-state index in [4.69, 9.17) is 11.6 Å². The largest absolute Gasteiger partial charge is 0.338 e. The van der Waals surface area contributed by atoms with Gasteiger partial charge in [-0.2, -0.15) is 0 Å². The van der Waals surface area contributed by atoms with Crippen LogP contribution < -0.4 is 5.32 Å². The Bertz CT molecular complexity index is 1080. The minimum absolute atomic E-state index is 0.00298. The predicted molar refractivity (Wildman–Crippen MR) is 137 cm³/mol. The lowest BCUT2D eigenvalue weighted by atomic mass is 9.92. The van der Waals surface area contributed by atoms with Gasteiger partial charge < -0.3 is 15.1 Å². The van der Waals surface area contributed by atoms with Gasteiger partial charge in [-0.3, -0.25) is 19.3 Å². The van der Waals surface area contributed by atoms with E-state index in [0.717, 1.165) is 11.1 Å². The minimum Gasteiger partial charge on any atom is -0.338 e. The molecule has 1 N–H and O–H groups in total. The first kappa shape index (κ1) is 25.2. The van der Waals surface area contributed by atoms with Crippen molar-refractivity contribution < 1.29 is 14.4 Å². The number of anilines is 1. The third-order valence-electron chi connectivity index (χ3n) is 6.64. The molecule has 2 aliphatic heterocycles. The van der Waals surface area contributed by atoms with Gasteiger partial charge in [-0.1, -0.05) is 61.8 Å². The fourth-order valence-corrected chi connectivity index (χ4v) is 4.95. The zero-order valence-electron chi connectivity index (χ0n) is 20.4. The van der Waals surface area contributed by atoms with Crippen LogP contribution in [0.4, 0.5) is 5.69 Å². The van der Waals surface area contributed by atoms with Crippen LogP contribution in [0.15, 0.2) is 48.5 Å². The molecule has 7 nitrogen and oxygen atoms in total. The number of fused-ring (bicyclic) bond motifs is 1. The number of benzene rings is 2. The minimum atomic E-state index is -0.480. The number of halogens is 1. The summed E-state index contributed by atoms with van der Waals surface area (Å²) in [5.41, 5.74) is 2.84. The second kappa shape index (κ2) is 11.2. The van der Waals surface area contributed by atoms with Gasteiger partial charge in [0.05, 0.1) is 17.3 Å². The van der Waals surface area contributed by atoms with E-state index in [0.29, 0.717) is 56.3 Å². The summed E-state index contributed by atoms with van der Waals surface area (Å²) in [5.74, 6) is 0.127. The van der Waals surface area contributed by atoms with E-state index < -0.39 is 6.04 Å². The van der Waals surface area contributed by atoms with Crippen molar-refractivity contribution in [3.05, 3.63) is 64.7 Å². The average Bonchev–Trinajstić information content (AvgIpc) is 2.84. The molecule has 1 saturated heterocycles. The first-order chi connectivity index (χ1) is 16.8. The van der Waals surface area contributed by atoms with E-state index >= 15 is 0 Å². The third kappa shape index (κ3) is 6.21. The van der Waals surface area contributed by atoms with Crippen molar-refractivity contribution in [2.75, 3.05) is 38.0 Å². The summed E-state index contributed by atoms with van der Waals surface area (Å²) in [7, 11) is 0. The number of piperazine rings is 1. The van der Waals surface area contributed by atoms with E-state index in [1.807, 2.05) is 54.0 Å². The summed E-state index contributed by atoms with van der Waals surface area (Å²) in [6.45, 7) is 7.02. The Morgan fingerprint density at radius 2 is 1.63 bits per heavy atom. The van der Waals surface area contributed by atoms with Crippen molar-refractivity contribution in [2.45, 2.75) is 39.3 Å². The number of para-hydroxylation sites is 1. The highest BCUT2D eigenvalue weighted by atomic mass is 35.5. The number of hydrogen-bond acceptors (Lipinski definition) is 4. The Labute approximate surface area is 212 Å². The molecule has 4 rings (SSSR count). The lowest BCUT2D eigenvalue weighted by molar-refractivity contribution is -0.148. The molecule has 2 aromatic carbocycles. The van der Waals surface area contributed by atoms with Crippen LogP contribution in [0.3, 0.4) is 0 Å². The van der Waals surface area contributed by atoms with Crippen LogP contribution in [0, 0.1) is 5.92 Å². The maximum absolute atomic E-state index is 13.6. The average molecular weight is 497 g/mol. The molecular formula is C27H33ClN4O3. The van der Waals surface area contributed by atoms with Crippen molar-refractivity contribution in [1.82, 2.24) is 14.7 Å². The third-order valence-corrected chi connectivity index (χ3v) is 6.97. The molecule has 1 fully saturated rings. The summed E-state index contributed by atoms with van der Waals surface area (Å²) in [5, 5.41) is 3.35. The van der Waals surface area contributed by atoms with Gasteiger partial charge in [-0.05, 0) is 29.2 Å². The van der Waals surface area contributed by atoms with Gasteiger partial charge >= 0.3 is 0 Å². The first-order valence-electron chi connectivity index (χ1n) is 12.2. The zero-order chi connectivity index (χ0) is 24.9. The van der Waals surface area contributed by atoms with Crippen molar-refractivity contribution in [2.24, 2.45) is 5.92 Å². The Hall–Kier alpha value is -2.90. The monoisotopic (exact) mass is 496 g/mol. The molecule has 35 heavy (non-hydrogen) atoms. The normalized spacial score (nSPS) is 18.3. The summed E-state index contributed by atoms with van der Waals surface area (Å²) in [4.78, 5) is 44.8. The molecule has 1 unspecified atom stereocenters. The number of amides is 3. The highest BCUT2D eigenvalue weighted by Crippen LogP contribution is 2.26. The van der Waals surface area contributed by atoms with Gasteiger partial charge in [0.2, 0.25) is 17.7 Å².